The van der Waals surface area contributed by atoms with Crippen molar-refractivity contribution in [2.45, 2.75) is 72.4 Å². The first-order valence-electron chi connectivity index (χ1n) is 8.43. The van der Waals surface area contributed by atoms with Crippen molar-refractivity contribution in [3.63, 3.8) is 0 Å². The molecule has 4 atom stereocenters. The molecule has 0 aromatic rings. The van der Waals surface area contributed by atoms with Gasteiger partial charge in [0.15, 0.2) is 0 Å². The molecule has 2 heteroatoms. The van der Waals surface area contributed by atoms with E-state index < -0.39 is 0 Å². The third-order valence-corrected chi connectivity index (χ3v) is 5.76. The van der Waals surface area contributed by atoms with Crippen LogP contribution in [0.2, 0.25) is 0 Å². The van der Waals surface area contributed by atoms with Crippen molar-refractivity contribution in [3.8, 4) is 0 Å². The lowest BCUT2D eigenvalue weighted by Crippen LogP contribution is -2.54. The summed E-state index contributed by atoms with van der Waals surface area (Å²) < 4.78 is 0. The second-order valence-electron chi connectivity index (χ2n) is 7.76. The first kappa shape index (κ1) is 15.3. The minimum absolute atomic E-state index is 0.464. The highest BCUT2D eigenvalue weighted by Gasteiger charge is 2.44. The molecular formula is C17H34N2. The highest BCUT2D eigenvalue weighted by Crippen LogP contribution is 2.41. The Bertz CT molecular complexity index is 287. The Balaban J connectivity index is 2.01. The largest absolute Gasteiger partial charge is 0.312 e. The molecule has 0 aromatic heterocycles. The molecule has 2 fully saturated rings. The zero-order valence-corrected chi connectivity index (χ0v) is 13.7. The van der Waals surface area contributed by atoms with E-state index in [9.17, 15) is 0 Å². The predicted molar refractivity (Wildman–Crippen MR) is 83.4 cm³/mol. The summed E-state index contributed by atoms with van der Waals surface area (Å²) in [6, 6.07) is 1.46. The molecule has 2 rings (SSSR count). The van der Waals surface area contributed by atoms with Crippen LogP contribution >= 0.6 is 0 Å². The third kappa shape index (κ3) is 3.33. The predicted octanol–water partition coefficient (Wildman–Crippen LogP) is 3.52. The van der Waals surface area contributed by atoms with Crippen LogP contribution in [0.3, 0.4) is 0 Å². The van der Waals surface area contributed by atoms with Gasteiger partial charge in [-0.05, 0) is 56.0 Å². The minimum Gasteiger partial charge on any atom is -0.312 e. The lowest BCUT2D eigenvalue weighted by molar-refractivity contribution is 0.0738. The molecule has 0 aromatic carbocycles. The average Bonchev–Trinajstić information content (AvgIpc) is 2.66. The second-order valence-corrected chi connectivity index (χ2v) is 7.76. The lowest BCUT2D eigenvalue weighted by Gasteiger charge is -2.43. The van der Waals surface area contributed by atoms with E-state index in [-0.39, 0.29) is 0 Å². The van der Waals surface area contributed by atoms with E-state index >= 15 is 0 Å². The topological polar surface area (TPSA) is 15.3 Å². The molecule has 2 aliphatic rings. The van der Waals surface area contributed by atoms with Gasteiger partial charge in [0.05, 0.1) is 0 Å². The fourth-order valence-corrected chi connectivity index (χ4v) is 4.06. The number of nitrogens with zero attached hydrogens (tertiary/aromatic N) is 1. The van der Waals surface area contributed by atoms with Crippen LogP contribution < -0.4 is 5.32 Å². The first-order valence-corrected chi connectivity index (χ1v) is 8.43. The van der Waals surface area contributed by atoms with E-state index in [4.69, 9.17) is 0 Å². The second kappa shape index (κ2) is 6.13. The van der Waals surface area contributed by atoms with Gasteiger partial charge in [0.25, 0.3) is 0 Å². The van der Waals surface area contributed by atoms with E-state index in [0.29, 0.717) is 11.5 Å². The van der Waals surface area contributed by atoms with E-state index in [0.717, 1.165) is 17.9 Å². The van der Waals surface area contributed by atoms with Gasteiger partial charge in [-0.15, -0.1) is 0 Å². The molecule has 112 valence electrons. The molecule has 1 saturated carbocycles. The average molecular weight is 266 g/mol. The van der Waals surface area contributed by atoms with Crippen molar-refractivity contribution in [2.75, 3.05) is 19.6 Å². The van der Waals surface area contributed by atoms with E-state index in [1.807, 2.05) is 0 Å². The molecule has 0 bridgehead atoms. The molecule has 0 spiro atoms. The summed E-state index contributed by atoms with van der Waals surface area (Å²) >= 11 is 0. The van der Waals surface area contributed by atoms with Crippen LogP contribution in [-0.4, -0.2) is 36.6 Å². The van der Waals surface area contributed by atoms with Gasteiger partial charge in [-0.3, -0.25) is 4.90 Å². The van der Waals surface area contributed by atoms with Crippen molar-refractivity contribution < 1.29 is 0 Å². The summed E-state index contributed by atoms with van der Waals surface area (Å²) in [5, 5.41) is 3.85. The molecule has 1 saturated heterocycles. The third-order valence-electron chi connectivity index (χ3n) is 5.76. The molecule has 19 heavy (non-hydrogen) atoms. The smallest absolute Gasteiger partial charge is 0.0274 e. The Morgan fingerprint density at radius 3 is 2.53 bits per heavy atom. The molecule has 4 unspecified atom stereocenters. The van der Waals surface area contributed by atoms with Crippen molar-refractivity contribution in [3.05, 3.63) is 0 Å². The summed E-state index contributed by atoms with van der Waals surface area (Å²) in [7, 11) is 0. The maximum absolute atomic E-state index is 3.85. The van der Waals surface area contributed by atoms with E-state index in [1.165, 1.54) is 45.3 Å². The fraction of sp³-hybridized carbons (Fsp3) is 1.00. The van der Waals surface area contributed by atoms with Gasteiger partial charge in [0, 0.05) is 18.6 Å². The molecule has 1 aliphatic heterocycles. The zero-order valence-electron chi connectivity index (χ0n) is 13.7. The van der Waals surface area contributed by atoms with E-state index in [2.05, 4.69) is 44.8 Å². The highest BCUT2D eigenvalue weighted by molar-refractivity contribution is 5.01. The SMILES string of the molecule is CCCNC1C(N2CCC(C)C(C)C2)CCC1(C)C. The monoisotopic (exact) mass is 266 g/mol. The number of piperidine rings is 1. The summed E-state index contributed by atoms with van der Waals surface area (Å²) in [5.74, 6) is 1.78. The molecule has 0 radical (unpaired) electrons. The minimum atomic E-state index is 0.464. The quantitative estimate of drug-likeness (QED) is 0.837. The molecule has 0 amide bonds. The van der Waals surface area contributed by atoms with Gasteiger partial charge >= 0.3 is 0 Å². The molecule has 1 aliphatic carbocycles. The van der Waals surface area contributed by atoms with Crippen molar-refractivity contribution in [1.82, 2.24) is 10.2 Å². The van der Waals surface area contributed by atoms with Crippen LogP contribution in [0.15, 0.2) is 0 Å². The Kier molecular flexibility index (Phi) is 4.94. The van der Waals surface area contributed by atoms with E-state index in [1.54, 1.807) is 0 Å². The van der Waals surface area contributed by atoms with Gasteiger partial charge < -0.3 is 5.32 Å². The summed E-state index contributed by atoms with van der Waals surface area (Å²) in [6.07, 6.45) is 5.39. The lowest BCUT2D eigenvalue weighted by atomic mass is 9.84. The van der Waals surface area contributed by atoms with Crippen molar-refractivity contribution in [2.24, 2.45) is 17.3 Å². The van der Waals surface area contributed by atoms with Crippen LogP contribution in [0.5, 0.6) is 0 Å². The number of hydrogen-bond acceptors (Lipinski definition) is 2. The first-order chi connectivity index (χ1) is 8.95. The van der Waals surface area contributed by atoms with Crippen LogP contribution in [0.1, 0.15) is 60.3 Å². The van der Waals surface area contributed by atoms with Crippen LogP contribution in [0.4, 0.5) is 0 Å². The number of hydrogen-bond donors (Lipinski definition) is 1. The fourth-order valence-electron chi connectivity index (χ4n) is 4.06. The van der Waals surface area contributed by atoms with Gasteiger partial charge in [-0.1, -0.05) is 34.6 Å². The van der Waals surface area contributed by atoms with Gasteiger partial charge in [0.2, 0.25) is 0 Å². The standard InChI is InChI=1S/C17H34N2/c1-6-10-18-16-15(7-9-17(16,4)5)19-11-8-13(2)14(3)12-19/h13-16,18H,6-12H2,1-5H3. The Morgan fingerprint density at radius 1 is 1.16 bits per heavy atom. The van der Waals surface area contributed by atoms with Gasteiger partial charge in [-0.2, -0.15) is 0 Å². The maximum atomic E-state index is 3.85. The Hall–Kier alpha value is -0.0800. The summed E-state index contributed by atoms with van der Waals surface area (Å²) in [4.78, 5) is 2.80. The van der Waals surface area contributed by atoms with Crippen LogP contribution in [0, 0.1) is 17.3 Å². The molecule has 1 N–H and O–H groups in total. The Morgan fingerprint density at radius 2 is 1.89 bits per heavy atom. The Labute approximate surface area is 120 Å². The van der Waals surface area contributed by atoms with Crippen molar-refractivity contribution >= 4 is 0 Å². The normalized spacial score (nSPS) is 39.6. The van der Waals surface area contributed by atoms with Gasteiger partial charge in [-0.25, -0.2) is 0 Å². The number of nitrogens with one attached hydrogen (secondary N) is 1. The van der Waals surface area contributed by atoms with Crippen LogP contribution in [-0.2, 0) is 0 Å². The number of rotatable bonds is 4. The van der Waals surface area contributed by atoms with Crippen LogP contribution in [0.25, 0.3) is 0 Å². The number of likely N-dealkylation sites (tertiary alicyclic amines) is 1. The summed E-state index contributed by atoms with van der Waals surface area (Å²) in [5.41, 5.74) is 0.464. The summed E-state index contributed by atoms with van der Waals surface area (Å²) in [6.45, 7) is 15.8. The molecular weight excluding hydrogens is 232 g/mol. The van der Waals surface area contributed by atoms with Gasteiger partial charge in [0.1, 0.15) is 0 Å². The van der Waals surface area contributed by atoms with Crippen molar-refractivity contribution in [1.29, 1.82) is 0 Å². The molecule has 1 heterocycles. The molecule has 2 nitrogen and oxygen atoms in total. The maximum Gasteiger partial charge on any atom is 0.0274 e. The zero-order chi connectivity index (χ0) is 14.0. The highest BCUT2D eigenvalue weighted by atomic mass is 15.2.